The van der Waals surface area contributed by atoms with Crippen molar-refractivity contribution < 1.29 is 4.79 Å². The van der Waals surface area contributed by atoms with E-state index in [0.717, 1.165) is 11.2 Å². The first-order valence-corrected chi connectivity index (χ1v) is 8.34. The minimum absolute atomic E-state index is 0.0618. The van der Waals surface area contributed by atoms with Gasteiger partial charge in [0, 0.05) is 28.3 Å². The van der Waals surface area contributed by atoms with Crippen LogP contribution in [0.2, 0.25) is 5.02 Å². The molecule has 0 aliphatic carbocycles. The molecule has 0 saturated carbocycles. The number of pyridine rings is 2. The molecule has 3 aromatic rings. The lowest BCUT2D eigenvalue weighted by molar-refractivity contribution is 0.102. The van der Waals surface area contributed by atoms with Crippen LogP contribution in [-0.4, -0.2) is 15.5 Å². The van der Waals surface area contributed by atoms with Crippen LogP contribution < -0.4 is 10.7 Å². The van der Waals surface area contributed by atoms with Gasteiger partial charge in [-0.15, -0.1) is 0 Å². The van der Waals surface area contributed by atoms with Crippen molar-refractivity contribution in [1.29, 1.82) is 0 Å². The van der Waals surface area contributed by atoms with Gasteiger partial charge in [0.25, 0.3) is 5.91 Å². The summed E-state index contributed by atoms with van der Waals surface area (Å²) in [7, 11) is 0. The molecule has 3 rings (SSSR count). The van der Waals surface area contributed by atoms with Gasteiger partial charge in [-0.2, -0.15) is 0 Å². The van der Waals surface area contributed by atoms with Gasteiger partial charge in [-0.1, -0.05) is 17.7 Å². The molecule has 6 heteroatoms. The molecule has 1 aromatic carbocycles. The van der Waals surface area contributed by atoms with Crippen molar-refractivity contribution in [3.05, 3.63) is 69.1 Å². The molecule has 5 nitrogen and oxygen atoms in total. The first-order chi connectivity index (χ1) is 11.9. The molecule has 2 aromatic heterocycles. The summed E-state index contributed by atoms with van der Waals surface area (Å²) in [6.07, 6.45) is 1.59. The molecule has 1 amide bonds. The van der Waals surface area contributed by atoms with Crippen molar-refractivity contribution in [2.24, 2.45) is 0 Å². The highest BCUT2D eigenvalue weighted by atomic mass is 35.5. The van der Waals surface area contributed by atoms with Crippen LogP contribution in [0.3, 0.4) is 0 Å². The quantitative estimate of drug-likeness (QED) is 0.766. The predicted molar refractivity (Wildman–Crippen MR) is 101 cm³/mol. The molecule has 0 spiro atoms. The van der Waals surface area contributed by atoms with Crippen molar-refractivity contribution in [2.75, 3.05) is 5.32 Å². The summed E-state index contributed by atoms with van der Waals surface area (Å²) >= 11 is 6.04. The van der Waals surface area contributed by atoms with Crippen molar-refractivity contribution in [1.82, 2.24) is 9.55 Å². The van der Waals surface area contributed by atoms with Gasteiger partial charge in [-0.05, 0) is 51.1 Å². The third-order valence-corrected chi connectivity index (χ3v) is 4.16. The van der Waals surface area contributed by atoms with Gasteiger partial charge in [0.15, 0.2) is 0 Å². The first kappa shape index (κ1) is 17.2. The van der Waals surface area contributed by atoms with E-state index in [9.17, 15) is 9.59 Å². The van der Waals surface area contributed by atoms with Gasteiger partial charge in [0.05, 0.1) is 5.52 Å². The maximum absolute atomic E-state index is 12.8. The number of fused-ring (bicyclic) bond motifs is 1. The third kappa shape index (κ3) is 3.42. The smallest absolute Gasteiger partial charge is 0.262 e. The maximum atomic E-state index is 12.8. The molecule has 0 aliphatic rings. The van der Waals surface area contributed by atoms with E-state index in [4.69, 9.17) is 11.6 Å². The molecule has 0 radical (unpaired) electrons. The van der Waals surface area contributed by atoms with Crippen LogP contribution in [0.15, 0.2) is 47.4 Å². The Bertz CT molecular complexity index is 1020. The summed E-state index contributed by atoms with van der Waals surface area (Å²) in [5.74, 6) is -0.0777. The summed E-state index contributed by atoms with van der Waals surface area (Å²) in [6.45, 7) is 5.81. The minimum Gasteiger partial charge on any atom is -0.344 e. The number of aromatic nitrogens is 2. The van der Waals surface area contributed by atoms with E-state index in [-0.39, 0.29) is 17.0 Å². The highest BCUT2D eigenvalue weighted by Gasteiger charge is 2.17. The lowest BCUT2D eigenvalue weighted by Crippen LogP contribution is -2.24. The van der Waals surface area contributed by atoms with Crippen molar-refractivity contribution in [3.63, 3.8) is 0 Å². The van der Waals surface area contributed by atoms with Gasteiger partial charge in [-0.25, -0.2) is 4.98 Å². The zero-order valence-corrected chi connectivity index (χ0v) is 15.0. The van der Waals surface area contributed by atoms with E-state index in [1.165, 1.54) is 0 Å². The number of nitrogens with one attached hydrogen (secondary N) is 1. The van der Waals surface area contributed by atoms with Crippen LogP contribution in [0.4, 0.5) is 5.82 Å². The van der Waals surface area contributed by atoms with Crippen LogP contribution in [0.1, 0.15) is 35.9 Å². The number of halogens is 1. The average Bonchev–Trinajstić information content (AvgIpc) is 2.55. The fourth-order valence-corrected chi connectivity index (χ4v) is 2.89. The van der Waals surface area contributed by atoms with E-state index in [1.54, 1.807) is 36.5 Å². The topological polar surface area (TPSA) is 64.0 Å². The van der Waals surface area contributed by atoms with E-state index >= 15 is 0 Å². The Morgan fingerprint density at radius 3 is 2.68 bits per heavy atom. The first-order valence-electron chi connectivity index (χ1n) is 7.96. The lowest BCUT2D eigenvalue weighted by Gasteiger charge is -2.16. The summed E-state index contributed by atoms with van der Waals surface area (Å²) in [4.78, 5) is 29.7. The monoisotopic (exact) mass is 355 g/mol. The Balaban J connectivity index is 2.13. The zero-order valence-electron chi connectivity index (χ0n) is 14.2. The Morgan fingerprint density at radius 2 is 2.00 bits per heavy atom. The number of anilines is 1. The molecule has 0 bridgehead atoms. The molecule has 1 N–H and O–H groups in total. The number of nitrogens with zero attached hydrogens (tertiary/aromatic N) is 2. The summed E-state index contributed by atoms with van der Waals surface area (Å²) in [6, 6.07) is 10.5. The summed E-state index contributed by atoms with van der Waals surface area (Å²) in [5.41, 5.74) is 1.24. The molecular formula is C19H18ClN3O2. The molecule has 128 valence electrons. The van der Waals surface area contributed by atoms with Crippen LogP contribution in [-0.2, 0) is 0 Å². The highest BCUT2D eigenvalue weighted by Crippen LogP contribution is 2.21. The van der Waals surface area contributed by atoms with Gasteiger partial charge in [0.2, 0.25) is 5.43 Å². The van der Waals surface area contributed by atoms with Crippen molar-refractivity contribution in [2.45, 2.75) is 26.8 Å². The molecule has 0 aliphatic heterocycles. The van der Waals surface area contributed by atoms with Crippen molar-refractivity contribution in [3.8, 4) is 0 Å². The predicted octanol–water partition coefficient (Wildman–Crippen LogP) is 4.19. The molecule has 0 saturated heterocycles. The van der Waals surface area contributed by atoms with E-state index in [2.05, 4.69) is 10.3 Å². The summed E-state index contributed by atoms with van der Waals surface area (Å²) < 4.78 is 1.89. The molecule has 0 fully saturated rings. The van der Waals surface area contributed by atoms with Gasteiger partial charge >= 0.3 is 0 Å². The van der Waals surface area contributed by atoms with Crippen LogP contribution in [0.25, 0.3) is 10.9 Å². The number of carbonyl (C=O) groups is 1. The number of hydrogen-bond acceptors (Lipinski definition) is 3. The summed E-state index contributed by atoms with van der Waals surface area (Å²) in [5, 5.41) is 3.57. The lowest BCUT2D eigenvalue weighted by atomic mass is 10.1. The van der Waals surface area contributed by atoms with E-state index in [0.29, 0.717) is 16.2 Å². The van der Waals surface area contributed by atoms with Crippen LogP contribution >= 0.6 is 11.6 Å². The Kier molecular flexibility index (Phi) is 4.59. The van der Waals surface area contributed by atoms with Crippen LogP contribution in [0, 0.1) is 6.92 Å². The Hall–Kier alpha value is -2.66. The van der Waals surface area contributed by atoms with Crippen LogP contribution in [0.5, 0.6) is 0 Å². The normalized spacial score (nSPS) is 11.1. The van der Waals surface area contributed by atoms with E-state index in [1.807, 2.05) is 31.4 Å². The second kappa shape index (κ2) is 6.69. The molecule has 0 atom stereocenters. The zero-order chi connectivity index (χ0) is 18.1. The maximum Gasteiger partial charge on any atom is 0.262 e. The van der Waals surface area contributed by atoms with E-state index < -0.39 is 5.91 Å². The number of aryl methyl sites for hydroxylation is 1. The third-order valence-electron chi connectivity index (χ3n) is 3.93. The van der Waals surface area contributed by atoms with Gasteiger partial charge in [0.1, 0.15) is 11.4 Å². The number of hydrogen-bond donors (Lipinski definition) is 1. The molecule has 25 heavy (non-hydrogen) atoms. The molecule has 2 heterocycles. The number of rotatable bonds is 3. The second-order valence-electron chi connectivity index (χ2n) is 6.15. The largest absolute Gasteiger partial charge is 0.344 e. The Morgan fingerprint density at radius 1 is 1.24 bits per heavy atom. The molecule has 0 unspecified atom stereocenters. The average molecular weight is 356 g/mol. The number of benzene rings is 1. The number of amides is 1. The van der Waals surface area contributed by atoms with Gasteiger partial charge < -0.3 is 9.88 Å². The SMILES string of the molecule is Cc1cccc(NC(=O)c2cn(C(C)C)c3ccc(Cl)cc3c2=O)n1. The Labute approximate surface area is 150 Å². The highest BCUT2D eigenvalue weighted by molar-refractivity contribution is 6.31. The molecular weight excluding hydrogens is 338 g/mol. The second-order valence-corrected chi connectivity index (χ2v) is 6.59. The fraction of sp³-hybridized carbons (Fsp3) is 0.211. The fourth-order valence-electron chi connectivity index (χ4n) is 2.71. The minimum atomic E-state index is -0.487. The number of carbonyl (C=O) groups excluding carboxylic acids is 1. The standard InChI is InChI=1S/C19H18ClN3O2/c1-11(2)23-10-15(18(24)14-9-13(20)7-8-16(14)23)19(25)22-17-6-4-5-12(3)21-17/h4-11H,1-3H3,(H,21,22,25). The van der Waals surface area contributed by atoms with Crippen molar-refractivity contribution >= 4 is 34.2 Å². The van der Waals surface area contributed by atoms with Gasteiger partial charge in [-0.3, -0.25) is 9.59 Å².